The van der Waals surface area contributed by atoms with Crippen LogP contribution in [0.4, 0.5) is 9.52 Å². The monoisotopic (exact) mass is 321 g/mol. The minimum Gasteiger partial charge on any atom is -0.494 e. The van der Waals surface area contributed by atoms with E-state index in [0.717, 1.165) is 49.1 Å². The van der Waals surface area contributed by atoms with Crippen LogP contribution in [-0.2, 0) is 6.54 Å². The summed E-state index contributed by atoms with van der Waals surface area (Å²) in [6.07, 6.45) is 0. The lowest BCUT2D eigenvalue weighted by molar-refractivity contribution is 0.249. The van der Waals surface area contributed by atoms with Gasteiger partial charge in [0.05, 0.1) is 12.8 Å². The Morgan fingerprint density at radius 3 is 2.64 bits per heavy atom. The van der Waals surface area contributed by atoms with Crippen molar-refractivity contribution in [2.75, 3.05) is 38.2 Å². The minimum absolute atomic E-state index is 0.295. The number of benzene rings is 1. The first-order chi connectivity index (χ1) is 10.7. The van der Waals surface area contributed by atoms with Gasteiger partial charge in [0.2, 0.25) is 0 Å². The largest absolute Gasteiger partial charge is 0.494 e. The molecule has 0 unspecified atom stereocenters. The molecule has 1 aliphatic heterocycles. The Bertz CT molecular complexity index is 638. The molecule has 0 N–H and O–H groups in total. The summed E-state index contributed by atoms with van der Waals surface area (Å²) in [6.45, 7) is 6.65. The maximum Gasteiger partial charge on any atom is 0.185 e. The van der Waals surface area contributed by atoms with Crippen LogP contribution in [0.2, 0.25) is 0 Å². The van der Waals surface area contributed by atoms with E-state index in [4.69, 9.17) is 4.74 Å². The number of aromatic nitrogens is 1. The van der Waals surface area contributed by atoms with Crippen LogP contribution in [0.3, 0.4) is 0 Å². The molecular weight excluding hydrogens is 301 g/mol. The van der Waals surface area contributed by atoms with Gasteiger partial charge in [0, 0.05) is 38.1 Å². The number of thiazole rings is 1. The molecule has 1 saturated heterocycles. The first-order valence-corrected chi connectivity index (χ1v) is 8.25. The van der Waals surface area contributed by atoms with E-state index in [1.165, 1.54) is 7.11 Å². The summed E-state index contributed by atoms with van der Waals surface area (Å²) in [7, 11) is 1.48. The van der Waals surface area contributed by atoms with Crippen molar-refractivity contribution in [1.82, 2.24) is 9.88 Å². The van der Waals surface area contributed by atoms with Crippen LogP contribution < -0.4 is 9.64 Å². The second kappa shape index (κ2) is 6.62. The molecule has 0 saturated carbocycles. The first-order valence-electron chi connectivity index (χ1n) is 7.37. The Hall–Kier alpha value is -1.66. The fourth-order valence-electron chi connectivity index (χ4n) is 2.65. The Kier molecular flexibility index (Phi) is 4.59. The van der Waals surface area contributed by atoms with Crippen molar-refractivity contribution in [2.24, 2.45) is 0 Å². The predicted octanol–water partition coefficient (Wildman–Crippen LogP) is 2.92. The molecule has 3 rings (SSSR count). The zero-order valence-corrected chi connectivity index (χ0v) is 13.7. The van der Waals surface area contributed by atoms with Gasteiger partial charge in [-0.1, -0.05) is 6.07 Å². The number of hydrogen-bond acceptors (Lipinski definition) is 5. The molecule has 0 bridgehead atoms. The number of anilines is 1. The fourth-order valence-corrected chi connectivity index (χ4v) is 3.51. The molecule has 2 aromatic rings. The Morgan fingerprint density at radius 2 is 2.05 bits per heavy atom. The van der Waals surface area contributed by atoms with E-state index in [0.29, 0.717) is 5.75 Å². The molecule has 0 atom stereocenters. The molecule has 0 spiro atoms. The zero-order chi connectivity index (χ0) is 15.5. The van der Waals surface area contributed by atoms with Crippen molar-refractivity contribution < 1.29 is 9.13 Å². The van der Waals surface area contributed by atoms with Gasteiger partial charge in [-0.15, -0.1) is 11.3 Å². The number of rotatable bonds is 4. The molecule has 4 nitrogen and oxygen atoms in total. The first kappa shape index (κ1) is 15.2. The van der Waals surface area contributed by atoms with E-state index < -0.39 is 0 Å². The van der Waals surface area contributed by atoms with Crippen LogP contribution in [0.1, 0.15) is 11.3 Å². The summed E-state index contributed by atoms with van der Waals surface area (Å²) in [4.78, 5) is 9.20. The average molecular weight is 321 g/mol. The molecule has 6 heteroatoms. The average Bonchev–Trinajstić information content (AvgIpc) is 2.95. The lowest BCUT2D eigenvalue weighted by Crippen LogP contribution is -2.45. The van der Waals surface area contributed by atoms with E-state index in [-0.39, 0.29) is 5.82 Å². The van der Waals surface area contributed by atoms with Crippen LogP contribution in [0.15, 0.2) is 23.6 Å². The van der Waals surface area contributed by atoms with E-state index >= 15 is 0 Å². The lowest BCUT2D eigenvalue weighted by Gasteiger charge is -2.34. The highest BCUT2D eigenvalue weighted by Crippen LogP contribution is 2.23. The molecule has 1 fully saturated rings. The van der Waals surface area contributed by atoms with Gasteiger partial charge in [-0.3, -0.25) is 4.90 Å². The topological polar surface area (TPSA) is 28.6 Å². The number of hydrogen-bond donors (Lipinski definition) is 0. The van der Waals surface area contributed by atoms with Crippen molar-refractivity contribution >= 4 is 16.5 Å². The summed E-state index contributed by atoms with van der Waals surface area (Å²) in [5.74, 6) is 0.00426. The highest BCUT2D eigenvalue weighted by molar-refractivity contribution is 7.13. The van der Waals surface area contributed by atoms with Crippen molar-refractivity contribution in [3.05, 3.63) is 40.7 Å². The molecule has 118 valence electrons. The third-order valence-electron chi connectivity index (χ3n) is 3.87. The van der Waals surface area contributed by atoms with Crippen molar-refractivity contribution in [2.45, 2.75) is 13.5 Å². The van der Waals surface area contributed by atoms with Crippen molar-refractivity contribution in [3.63, 3.8) is 0 Å². The number of methoxy groups -OCH3 is 1. The van der Waals surface area contributed by atoms with Gasteiger partial charge in [0.1, 0.15) is 0 Å². The van der Waals surface area contributed by atoms with Gasteiger partial charge in [-0.2, -0.15) is 0 Å². The summed E-state index contributed by atoms with van der Waals surface area (Å²) < 4.78 is 18.7. The van der Waals surface area contributed by atoms with Crippen LogP contribution >= 0.6 is 11.3 Å². The van der Waals surface area contributed by atoms with Gasteiger partial charge in [-0.25, -0.2) is 9.37 Å². The van der Waals surface area contributed by atoms with Crippen LogP contribution in [0.25, 0.3) is 0 Å². The fraction of sp³-hybridized carbons (Fsp3) is 0.438. The Balaban J connectivity index is 1.56. The van der Waals surface area contributed by atoms with E-state index in [1.54, 1.807) is 23.5 Å². The molecule has 22 heavy (non-hydrogen) atoms. The highest BCUT2D eigenvalue weighted by atomic mass is 32.1. The summed E-state index contributed by atoms with van der Waals surface area (Å²) >= 11 is 1.70. The van der Waals surface area contributed by atoms with Gasteiger partial charge in [-0.05, 0) is 24.6 Å². The molecule has 2 heterocycles. The Morgan fingerprint density at radius 1 is 1.27 bits per heavy atom. The van der Waals surface area contributed by atoms with Gasteiger partial charge >= 0.3 is 0 Å². The minimum atomic E-state index is -0.295. The normalized spacial score (nSPS) is 16.0. The van der Waals surface area contributed by atoms with Crippen molar-refractivity contribution in [1.29, 1.82) is 0 Å². The van der Waals surface area contributed by atoms with Gasteiger partial charge < -0.3 is 9.64 Å². The van der Waals surface area contributed by atoms with E-state index in [2.05, 4.69) is 20.2 Å². The molecule has 1 aliphatic rings. The molecule has 0 aliphatic carbocycles. The van der Waals surface area contributed by atoms with E-state index in [9.17, 15) is 4.39 Å². The number of ether oxygens (including phenoxy) is 1. The number of piperazine rings is 1. The Labute approximate surface area is 134 Å². The molecule has 0 amide bonds. The molecule has 0 radical (unpaired) electrons. The molecular formula is C16H20FN3OS. The van der Waals surface area contributed by atoms with Crippen LogP contribution in [-0.4, -0.2) is 43.2 Å². The molecule has 1 aromatic heterocycles. The zero-order valence-electron chi connectivity index (χ0n) is 12.9. The van der Waals surface area contributed by atoms with Crippen LogP contribution in [0, 0.1) is 12.7 Å². The van der Waals surface area contributed by atoms with Gasteiger partial charge in [0.15, 0.2) is 16.7 Å². The highest BCUT2D eigenvalue weighted by Gasteiger charge is 2.19. The second-order valence-electron chi connectivity index (χ2n) is 5.50. The maximum atomic E-state index is 13.7. The third-order valence-corrected chi connectivity index (χ3v) is 4.89. The number of nitrogens with zero attached hydrogens (tertiary/aromatic N) is 3. The van der Waals surface area contributed by atoms with Crippen molar-refractivity contribution in [3.8, 4) is 5.75 Å². The van der Waals surface area contributed by atoms with Crippen LogP contribution in [0.5, 0.6) is 5.75 Å². The number of halogens is 1. The third kappa shape index (κ3) is 3.39. The predicted molar refractivity (Wildman–Crippen MR) is 87.3 cm³/mol. The van der Waals surface area contributed by atoms with E-state index in [1.807, 2.05) is 13.0 Å². The second-order valence-corrected chi connectivity index (χ2v) is 6.34. The number of aryl methyl sites for hydroxylation is 1. The standard InChI is InChI=1S/C16H20FN3OS/c1-12-11-22-16(18-12)20-7-5-19(6-8-20)10-13-3-4-15(21-2)14(17)9-13/h3-4,9,11H,5-8,10H2,1-2H3. The summed E-state index contributed by atoms with van der Waals surface area (Å²) in [5.41, 5.74) is 2.06. The smallest absolute Gasteiger partial charge is 0.185 e. The lowest BCUT2D eigenvalue weighted by atomic mass is 10.2. The summed E-state index contributed by atoms with van der Waals surface area (Å²) in [5, 5.41) is 3.19. The maximum absolute atomic E-state index is 13.7. The quantitative estimate of drug-likeness (QED) is 0.866. The SMILES string of the molecule is COc1ccc(CN2CCN(c3nc(C)cs3)CC2)cc1F. The molecule has 1 aromatic carbocycles. The summed E-state index contributed by atoms with van der Waals surface area (Å²) in [6, 6.07) is 5.19. The van der Waals surface area contributed by atoms with Gasteiger partial charge in [0.25, 0.3) is 0 Å².